The molecule has 0 fully saturated rings. The Morgan fingerprint density at radius 3 is 2.20 bits per heavy atom. The first kappa shape index (κ1) is 9.96. The van der Waals surface area contributed by atoms with Gasteiger partial charge in [-0.2, -0.15) is 0 Å². The summed E-state index contributed by atoms with van der Waals surface area (Å²) in [6.07, 6.45) is 3.78. The summed E-state index contributed by atoms with van der Waals surface area (Å²) in [7, 11) is 0. The number of rotatable bonds is 5. The van der Waals surface area contributed by atoms with Gasteiger partial charge in [0.1, 0.15) is 0 Å². The van der Waals surface area contributed by atoms with Crippen LogP contribution < -0.4 is 5.32 Å². The first-order valence-electron chi connectivity index (χ1n) is 4.37. The van der Waals surface area contributed by atoms with Crippen LogP contribution in [0.3, 0.4) is 0 Å². The van der Waals surface area contributed by atoms with Crippen LogP contribution in [0.1, 0.15) is 47.0 Å². The second-order valence-corrected chi connectivity index (χ2v) is 3.52. The number of hydrogen-bond donors (Lipinski definition) is 1. The lowest BCUT2D eigenvalue weighted by Gasteiger charge is -2.24. The van der Waals surface area contributed by atoms with E-state index in [2.05, 4.69) is 33.0 Å². The van der Waals surface area contributed by atoms with Crippen LogP contribution in [-0.4, -0.2) is 12.1 Å². The first-order valence-corrected chi connectivity index (χ1v) is 4.37. The van der Waals surface area contributed by atoms with E-state index >= 15 is 0 Å². The summed E-state index contributed by atoms with van der Waals surface area (Å²) in [4.78, 5) is 0. The Bertz CT molecular complexity index is 76.8. The molecule has 0 aromatic rings. The van der Waals surface area contributed by atoms with Crippen molar-refractivity contribution in [2.24, 2.45) is 0 Å². The molecule has 0 bridgehead atoms. The Morgan fingerprint density at radius 1 is 1.20 bits per heavy atom. The van der Waals surface area contributed by atoms with E-state index in [-0.39, 0.29) is 0 Å². The van der Waals surface area contributed by atoms with Gasteiger partial charge < -0.3 is 5.32 Å². The molecular weight excluding hydrogens is 122 g/mol. The van der Waals surface area contributed by atoms with Crippen molar-refractivity contribution in [1.29, 1.82) is 0 Å². The molecule has 0 aromatic carbocycles. The van der Waals surface area contributed by atoms with Crippen molar-refractivity contribution in [2.45, 2.75) is 52.5 Å². The lowest BCUT2D eigenvalue weighted by Crippen LogP contribution is -2.38. The van der Waals surface area contributed by atoms with Gasteiger partial charge in [-0.25, -0.2) is 0 Å². The van der Waals surface area contributed by atoms with Crippen LogP contribution in [0.4, 0.5) is 0 Å². The smallest absolute Gasteiger partial charge is 0.0122 e. The Hall–Kier alpha value is -0.0400. The molecule has 62 valence electrons. The Morgan fingerprint density at radius 2 is 1.80 bits per heavy atom. The third-order valence-electron chi connectivity index (χ3n) is 2.02. The maximum atomic E-state index is 3.51. The van der Waals surface area contributed by atoms with Crippen LogP contribution in [0, 0.1) is 0 Å². The van der Waals surface area contributed by atoms with E-state index in [1.807, 2.05) is 0 Å². The minimum absolute atomic E-state index is 0.342. The number of unbranched alkanes of at least 4 members (excludes halogenated alkanes) is 1. The standard InChI is InChI=1S/C9H21N/c1-5-7-8-10-9(3,4)6-2/h10H,5-8H2,1-4H3. The average molecular weight is 143 g/mol. The molecule has 0 saturated carbocycles. The molecule has 0 atom stereocenters. The van der Waals surface area contributed by atoms with E-state index in [0.717, 1.165) is 6.54 Å². The largest absolute Gasteiger partial charge is 0.312 e. The van der Waals surface area contributed by atoms with Gasteiger partial charge in [0.2, 0.25) is 0 Å². The summed E-state index contributed by atoms with van der Waals surface area (Å²) in [6, 6.07) is 0. The van der Waals surface area contributed by atoms with Gasteiger partial charge >= 0.3 is 0 Å². The highest BCUT2D eigenvalue weighted by Crippen LogP contribution is 2.06. The average Bonchev–Trinajstić information content (AvgIpc) is 1.89. The van der Waals surface area contributed by atoms with Crippen LogP contribution in [-0.2, 0) is 0 Å². The molecule has 0 amide bonds. The minimum Gasteiger partial charge on any atom is -0.312 e. The second-order valence-electron chi connectivity index (χ2n) is 3.52. The van der Waals surface area contributed by atoms with Gasteiger partial charge in [-0.05, 0) is 33.2 Å². The molecule has 0 rings (SSSR count). The predicted octanol–water partition coefficient (Wildman–Crippen LogP) is 2.56. The Labute approximate surface area is 65.2 Å². The molecule has 1 N–H and O–H groups in total. The van der Waals surface area contributed by atoms with Gasteiger partial charge in [0.25, 0.3) is 0 Å². The van der Waals surface area contributed by atoms with Gasteiger partial charge in [-0.1, -0.05) is 20.3 Å². The summed E-state index contributed by atoms with van der Waals surface area (Å²) >= 11 is 0. The summed E-state index contributed by atoms with van der Waals surface area (Å²) in [6.45, 7) is 10.1. The summed E-state index contributed by atoms with van der Waals surface area (Å²) in [5.41, 5.74) is 0.342. The normalized spacial score (nSPS) is 12.0. The van der Waals surface area contributed by atoms with Crippen LogP contribution in [0.2, 0.25) is 0 Å². The molecule has 0 aliphatic heterocycles. The molecule has 0 heterocycles. The molecule has 1 heteroatoms. The van der Waals surface area contributed by atoms with Gasteiger partial charge in [0, 0.05) is 5.54 Å². The summed E-state index contributed by atoms with van der Waals surface area (Å²) in [5.74, 6) is 0. The van der Waals surface area contributed by atoms with Crippen molar-refractivity contribution in [2.75, 3.05) is 6.54 Å². The zero-order valence-electron chi connectivity index (χ0n) is 7.83. The lowest BCUT2D eigenvalue weighted by molar-refractivity contribution is 0.374. The van der Waals surface area contributed by atoms with Crippen molar-refractivity contribution in [3.63, 3.8) is 0 Å². The lowest BCUT2D eigenvalue weighted by atomic mass is 10.0. The molecule has 1 nitrogen and oxygen atoms in total. The maximum absolute atomic E-state index is 3.51. The third kappa shape index (κ3) is 4.80. The number of nitrogens with one attached hydrogen (secondary N) is 1. The highest BCUT2D eigenvalue weighted by Gasteiger charge is 2.11. The minimum atomic E-state index is 0.342. The van der Waals surface area contributed by atoms with E-state index in [1.54, 1.807) is 0 Å². The fourth-order valence-corrected chi connectivity index (χ4v) is 0.729. The first-order chi connectivity index (χ1) is 4.62. The highest BCUT2D eigenvalue weighted by atomic mass is 14.9. The molecule has 0 radical (unpaired) electrons. The molecule has 0 saturated heterocycles. The third-order valence-corrected chi connectivity index (χ3v) is 2.02. The molecule has 0 aliphatic rings. The van der Waals surface area contributed by atoms with Crippen LogP contribution in [0.5, 0.6) is 0 Å². The van der Waals surface area contributed by atoms with Crippen LogP contribution in [0.15, 0.2) is 0 Å². The van der Waals surface area contributed by atoms with Crippen molar-refractivity contribution in [3.05, 3.63) is 0 Å². The van der Waals surface area contributed by atoms with Gasteiger partial charge in [0.05, 0.1) is 0 Å². The molecule has 10 heavy (non-hydrogen) atoms. The van der Waals surface area contributed by atoms with E-state index < -0.39 is 0 Å². The SMILES string of the molecule is CCCCNC(C)(C)CC. The Kier molecular flexibility index (Phi) is 4.71. The predicted molar refractivity (Wildman–Crippen MR) is 47.3 cm³/mol. The molecule has 0 unspecified atom stereocenters. The molecule has 0 aliphatic carbocycles. The topological polar surface area (TPSA) is 12.0 Å². The molecule has 0 aromatic heterocycles. The van der Waals surface area contributed by atoms with Crippen LogP contribution >= 0.6 is 0 Å². The zero-order chi connectivity index (χ0) is 8.04. The summed E-state index contributed by atoms with van der Waals surface area (Å²) < 4.78 is 0. The van der Waals surface area contributed by atoms with Gasteiger partial charge in [-0.3, -0.25) is 0 Å². The van der Waals surface area contributed by atoms with Gasteiger partial charge in [0.15, 0.2) is 0 Å². The van der Waals surface area contributed by atoms with Crippen molar-refractivity contribution in [1.82, 2.24) is 5.32 Å². The highest BCUT2D eigenvalue weighted by molar-refractivity contribution is 4.74. The monoisotopic (exact) mass is 143 g/mol. The Balaban J connectivity index is 3.28. The number of hydrogen-bond acceptors (Lipinski definition) is 1. The quantitative estimate of drug-likeness (QED) is 0.583. The van der Waals surface area contributed by atoms with E-state index in [4.69, 9.17) is 0 Å². The zero-order valence-corrected chi connectivity index (χ0v) is 7.83. The summed E-state index contributed by atoms with van der Waals surface area (Å²) in [5, 5.41) is 3.51. The van der Waals surface area contributed by atoms with Crippen molar-refractivity contribution in [3.8, 4) is 0 Å². The van der Waals surface area contributed by atoms with Gasteiger partial charge in [-0.15, -0.1) is 0 Å². The molecular formula is C9H21N. The van der Waals surface area contributed by atoms with Crippen molar-refractivity contribution < 1.29 is 0 Å². The second kappa shape index (κ2) is 4.73. The van der Waals surface area contributed by atoms with Crippen LogP contribution in [0.25, 0.3) is 0 Å². The van der Waals surface area contributed by atoms with E-state index in [0.29, 0.717) is 5.54 Å². The molecule has 0 spiro atoms. The van der Waals surface area contributed by atoms with E-state index in [9.17, 15) is 0 Å². The van der Waals surface area contributed by atoms with Crippen molar-refractivity contribution >= 4 is 0 Å². The fourth-order valence-electron chi connectivity index (χ4n) is 0.729. The maximum Gasteiger partial charge on any atom is 0.0122 e. The fraction of sp³-hybridized carbons (Fsp3) is 1.00. The van der Waals surface area contributed by atoms with E-state index in [1.165, 1.54) is 19.3 Å².